The Kier molecular flexibility index (Phi) is 9.80. The Labute approximate surface area is 224 Å². The normalized spacial score (nSPS) is 12.0. The molecule has 37 heavy (non-hydrogen) atoms. The van der Waals surface area contributed by atoms with Crippen LogP contribution in [0.15, 0.2) is 48.5 Å². The lowest BCUT2D eigenvalue weighted by Gasteiger charge is -2.23. The Hall–Kier alpha value is -3.26. The number of nitrogens with zero attached hydrogens (tertiary/aromatic N) is 3. The molecule has 1 aromatic heterocycles. The number of amides is 1. The molecule has 0 aliphatic carbocycles. The van der Waals surface area contributed by atoms with E-state index in [0.717, 1.165) is 22.5 Å². The molecule has 7 nitrogen and oxygen atoms in total. The van der Waals surface area contributed by atoms with Gasteiger partial charge in [-0.3, -0.25) is 9.36 Å². The van der Waals surface area contributed by atoms with E-state index in [9.17, 15) is 14.7 Å². The van der Waals surface area contributed by atoms with Gasteiger partial charge in [0.2, 0.25) is 5.91 Å². The van der Waals surface area contributed by atoms with E-state index in [1.165, 1.54) is 0 Å². The van der Waals surface area contributed by atoms with Crippen molar-refractivity contribution in [2.75, 3.05) is 13.7 Å². The molecule has 0 aliphatic heterocycles. The number of aromatic nitrogens is 2. The minimum Gasteiger partial charge on any atom is -0.478 e. The minimum absolute atomic E-state index is 0.00811. The molecule has 0 unspecified atom stereocenters. The van der Waals surface area contributed by atoms with Crippen LogP contribution < -0.4 is 4.74 Å². The first-order chi connectivity index (χ1) is 17.7. The number of hydrogen-bond donors (Lipinski definition) is 2. The lowest BCUT2D eigenvalue weighted by Crippen LogP contribution is -2.34. The highest BCUT2D eigenvalue weighted by molar-refractivity contribution is 7.81. The highest BCUT2D eigenvalue weighted by Crippen LogP contribution is 2.27. The van der Waals surface area contributed by atoms with Gasteiger partial charge in [-0.05, 0) is 48.4 Å². The van der Waals surface area contributed by atoms with Crippen molar-refractivity contribution in [3.63, 3.8) is 0 Å². The van der Waals surface area contributed by atoms with Crippen molar-refractivity contribution in [2.45, 2.75) is 58.9 Å². The van der Waals surface area contributed by atoms with E-state index in [4.69, 9.17) is 9.72 Å². The highest BCUT2D eigenvalue weighted by atomic mass is 32.1. The summed E-state index contributed by atoms with van der Waals surface area (Å²) in [6, 6.07) is 15.3. The predicted octanol–water partition coefficient (Wildman–Crippen LogP) is 5.56. The van der Waals surface area contributed by atoms with Gasteiger partial charge in [0.05, 0.1) is 41.9 Å². The van der Waals surface area contributed by atoms with Gasteiger partial charge >= 0.3 is 5.97 Å². The number of carbonyl (C=O) groups is 2. The Morgan fingerprint density at radius 1 is 1.11 bits per heavy atom. The zero-order chi connectivity index (χ0) is 27.1. The van der Waals surface area contributed by atoms with E-state index in [2.05, 4.69) is 26.5 Å². The van der Waals surface area contributed by atoms with E-state index < -0.39 is 5.97 Å². The smallest absolute Gasteiger partial charge is 0.336 e. The van der Waals surface area contributed by atoms with Crippen LogP contribution in [0.1, 0.15) is 61.4 Å². The molecule has 0 aliphatic rings. The van der Waals surface area contributed by atoms with Crippen molar-refractivity contribution in [3.8, 4) is 17.1 Å². The number of carboxylic acid groups (broad SMARTS) is 1. The quantitative estimate of drug-likeness (QED) is 0.304. The van der Waals surface area contributed by atoms with Crippen molar-refractivity contribution < 1.29 is 19.4 Å². The predicted molar refractivity (Wildman–Crippen MR) is 149 cm³/mol. The van der Waals surface area contributed by atoms with Crippen LogP contribution in [0.3, 0.4) is 0 Å². The molecule has 0 bridgehead atoms. The second kappa shape index (κ2) is 12.8. The molecular formula is C29H37N3O4S. The van der Waals surface area contributed by atoms with Crippen molar-refractivity contribution >= 4 is 24.5 Å². The van der Waals surface area contributed by atoms with Crippen LogP contribution in [0.5, 0.6) is 6.01 Å². The molecule has 198 valence electrons. The maximum Gasteiger partial charge on any atom is 0.336 e. The van der Waals surface area contributed by atoms with Gasteiger partial charge in [-0.1, -0.05) is 63.2 Å². The second-order valence-corrected chi connectivity index (χ2v) is 10.2. The summed E-state index contributed by atoms with van der Waals surface area (Å²) >= 11 is 4.55. The van der Waals surface area contributed by atoms with Crippen LogP contribution in [0.2, 0.25) is 0 Å². The average molecular weight is 524 g/mol. The molecule has 3 rings (SSSR count). The molecule has 3 aromatic rings. The fraction of sp³-hybridized carbons (Fsp3) is 0.414. The molecule has 1 N–H and O–H groups in total. The third-order valence-electron chi connectivity index (χ3n) is 6.23. The molecular weight excluding hydrogens is 486 g/mol. The van der Waals surface area contributed by atoms with Crippen LogP contribution in [-0.4, -0.2) is 50.3 Å². The number of aromatic carboxylic acids is 1. The first-order valence-corrected chi connectivity index (χ1v) is 13.2. The van der Waals surface area contributed by atoms with Crippen LogP contribution in [0.25, 0.3) is 11.1 Å². The molecule has 1 amide bonds. The Bertz CT molecular complexity index is 1220. The van der Waals surface area contributed by atoms with E-state index in [-0.39, 0.29) is 16.7 Å². The van der Waals surface area contributed by atoms with Gasteiger partial charge in [0.1, 0.15) is 0 Å². The third-order valence-corrected chi connectivity index (χ3v) is 6.67. The van der Waals surface area contributed by atoms with Crippen molar-refractivity contribution in [1.29, 1.82) is 0 Å². The number of thiol groups is 1. The van der Waals surface area contributed by atoms with E-state index >= 15 is 0 Å². The number of benzene rings is 2. The lowest BCUT2D eigenvalue weighted by molar-refractivity contribution is -0.130. The van der Waals surface area contributed by atoms with Gasteiger partial charge in [0, 0.05) is 7.05 Å². The summed E-state index contributed by atoms with van der Waals surface area (Å²) in [5, 5.41) is 9.20. The second-order valence-electron chi connectivity index (χ2n) is 9.55. The number of carboxylic acids is 1. The SMILES string of the molecule is CCOc1nc(CC)c(CN(C)C(=O)[C@@H](S)CC(C)C)n1Cc1ccc(-c2ccccc2C(=O)O)cc1. The number of hydrogen-bond acceptors (Lipinski definition) is 5. The molecule has 2 aromatic carbocycles. The van der Waals surface area contributed by atoms with Crippen molar-refractivity contribution in [3.05, 3.63) is 71.0 Å². The van der Waals surface area contributed by atoms with Crippen LogP contribution in [0.4, 0.5) is 0 Å². The summed E-state index contributed by atoms with van der Waals surface area (Å²) in [6.45, 7) is 9.53. The van der Waals surface area contributed by atoms with Gasteiger partial charge in [0.15, 0.2) is 0 Å². The number of imidazole rings is 1. The Morgan fingerprint density at radius 2 is 1.78 bits per heavy atom. The number of rotatable bonds is 12. The topological polar surface area (TPSA) is 84.7 Å². The monoisotopic (exact) mass is 523 g/mol. The lowest BCUT2D eigenvalue weighted by atomic mass is 9.99. The fourth-order valence-electron chi connectivity index (χ4n) is 4.37. The van der Waals surface area contributed by atoms with Crippen molar-refractivity contribution in [1.82, 2.24) is 14.5 Å². The molecule has 0 saturated carbocycles. The number of ether oxygens (including phenoxy) is 1. The first kappa shape index (κ1) is 28.3. The summed E-state index contributed by atoms with van der Waals surface area (Å²) in [4.78, 5) is 31.1. The van der Waals surface area contributed by atoms with E-state index in [1.807, 2.05) is 54.8 Å². The van der Waals surface area contributed by atoms with Gasteiger partial charge in [-0.25, -0.2) is 4.79 Å². The molecule has 1 atom stereocenters. The van der Waals surface area contributed by atoms with E-state index in [0.29, 0.717) is 50.0 Å². The molecule has 0 fully saturated rings. The largest absolute Gasteiger partial charge is 0.478 e. The Balaban J connectivity index is 1.91. The zero-order valence-corrected chi connectivity index (χ0v) is 23.2. The summed E-state index contributed by atoms with van der Waals surface area (Å²) in [6.07, 6.45) is 1.43. The average Bonchev–Trinajstić information content (AvgIpc) is 3.19. The number of aryl methyl sites for hydroxylation is 1. The van der Waals surface area contributed by atoms with Crippen LogP contribution in [-0.2, 0) is 24.3 Å². The molecule has 0 spiro atoms. The standard InChI is InChI=1S/C29H37N3O4S/c1-6-24-25(18-31(5)27(33)26(37)16-19(3)4)32(29(30-24)36-7-2)17-20-12-14-21(15-13-20)22-10-8-9-11-23(22)28(34)35/h8-15,19,26,37H,6-7,16-18H2,1-5H3,(H,34,35)/t26-/m0/s1. The number of carbonyl (C=O) groups excluding carboxylic acids is 1. The first-order valence-electron chi connectivity index (χ1n) is 12.7. The summed E-state index contributed by atoms with van der Waals surface area (Å²) in [7, 11) is 1.80. The molecule has 0 radical (unpaired) electrons. The fourth-order valence-corrected chi connectivity index (χ4v) is 4.99. The summed E-state index contributed by atoms with van der Waals surface area (Å²) in [5.74, 6) is -0.579. The highest BCUT2D eigenvalue weighted by Gasteiger charge is 2.24. The van der Waals surface area contributed by atoms with Gasteiger partial charge in [-0.15, -0.1) is 0 Å². The van der Waals surface area contributed by atoms with E-state index in [1.54, 1.807) is 24.1 Å². The van der Waals surface area contributed by atoms with Gasteiger partial charge in [-0.2, -0.15) is 17.6 Å². The molecule has 0 saturated heterocycles. The zero-order valence-electron chi connectivity index (χ0n) is 22.3. The van der Waals surface area contributed by atoms with Gasteiger partial charge in [0.25, 0.3) is 6.01 Å². The maximum absolute atomic E-state index is 13.0. The third kappa shape index (κ3) is 6.95. The van der Waals surface area contributed by atoms with Crippen LogP contribution in [0, 0.1) is 5.92 Å². The Morgan fingerprint density at radius 3 is 2.38 bits per heavy atom. The maximum atomic E-state index is 13.0. The molecule has 8 heteroatoms. The minimum atomic E-state index is -0.952. The van der Waals surface area contributed by atoms with Gasteiger partial charge < -0.3 is 14.7 Å². The summed E-state index contributed by atoms with van der Waals surface area (Å²) in [5.41, 5.74) is 4.63. The van der Waals surface area contributed by atoms with Crippen molar-refractivity contribution in [2.24, 2.45) is 5.92 Å². The molecule has 1 heterocycles. The summed E-state index contributed by atoms with van der Waals surface area (Å²) < 4.78 is 7.91. The van der Waals surface area contributed by atoms with Crippen LogP contribution >= 0.6 is 12.6 Å².